The summed E-state index contributed by atoms with van der Waals surface area (Å²) in [6, 6.07) is 3.59. The van der Waals surface area contributed by atoms with Gasteiger partial charge in [0.25, 0.3) is 0 Å². The van der Waals surface area contributed by atoms with Gasteiger partial charge in [-0.2, -0.15) is 26.3 Å². The molecule has 3 rings (SSSR count). The molecule has 3 nitrogen and oxygen atoms in total. The maximum Gasteiger partial charge on any atom is 0.416 e. The summed E-state index contributed by atoms with van der Waals surface area (Å²) in [6.45, 7) is 0.701. The molecule has 4 unspecified atom stereocenters. The zero-order chi connectivity index (χ0) is 23.5. The second kappa shape index (κ2) is 10.3. The lowest BCUT2D eigenvalue weighted by molar-refractivity contribution is -0.212. The molecule has 0 spiro atoms. The number of benzene rings is 1. The standard InChI is InChI=1S/C23H31F6NO2/c1-15(19-11-4-5-12-20(19)22(24,25)26)30(14-21(31)23(27,28)29)16-7-6-10-18(13-16)32-17-8-2-3-9-17/h4-5,11-12,15-18,21,31H,2-3,6-10,13-14H2,1H3. The van der Waals surface area contributed by atoms with Crippen LogP contribution in [0.2, 0.25) is 0 Å². The van der Waals surface area contributed by atoms with Crippen LogP contribution in [-0.4, -0.2) is 47.1 Å². The highest BCUT2D eigenvalue weighted by molar-refractivity contribution is 5.32. The molecule has 0 aliphatic heterocycles. The van der Waals surface area contributed by atoms with Gasteiger partial charge in [-0.15, -0.1) is 0 Å². The highest BCUT2D eigenvalue weighted by atomic mass is 19.4. The smallest absolute Gasteiger partial charge is 0.382 e. The van der Waals surface area contributed by atoms with Crippen LogP contribution in [0.5, 0.6) is 0 Å². The lowest BCUT2D eigenvalue weighted by Gasteiger charge is -2.42. The molecule has 0 bridgehead atoms. The van der Waals surface area contributed by atoms with Crippen LogP contribution < -0.4 is 0 Å². The van der Waals surface area contributed by atoms with Gasteiger partial charge in [0.15, 0.2) is 6.10 Å². The van der Waals surface area contributed by atoms with Crippen molar-refractivity contribution in [2.24, 2.45) is 0 Å². The Bertz CT molecular complexity index is 732. The Morgan fingerprint density at radius 3 is 2.22 bits per heavy atom. The molecule has 182 valence electrons. The Morgan fingerprint density at radius 1 is 0.969 bits per heavy atom. The molecule has 1 N–H and O–H groups in total. The Balaban J connectivity index is 1.85. The molecule has 2 fully saturated rings. The van der Waals surface area contributed by atoms with Crippen LogP contribution in [0.3, 0.4) is 0 Å². The number of alkyl halides is 6. The molecule has 1 aromatic rings. The van der Waals surface area contributed by atoms with Gasteiger partial charge in [0.1, 0.15) is 0 Å². The van der Waals surface area contributed by atoms with Gasteiger partial charge in [-0.3, -0.25) is 4.90 Å². The lowest BCUT2D eigenvalue weighted by atomic mass is 9.88. The summed E-state index contributed by atoms with van der Waals surface area (Å²) in [5, 5.41) is 9.79. The van der Waals surface area contributed by atoms with Crippen LogP contribution in [0.25, 0.3) is 0 Å². The number of halogens is 6. The zero-order valence-corrected chi connectivity index (χ0v) is 18.1. The van der Waals surface area contributed by atoms with Gasteiger partial charge in [-0.1, -0.05) is 31.0 Å². The van der Waals surface area contributed by atoms with Crippen molar-refractivity contribution in [3.8, 4) is 0 Å². The van der Waals surface area contributed by atoms with Crippen molar-refractivity contribution in [2.45, 2.75) is 101 Å². The first-order chi connectivity index (χ1) is 15.0. The Hall–Kier alpha value is -1.32. The quantitative estimate of drug-likeness (QED) is 0.481. The third-order valence-electron chi connectivity index (χ3n) is 6.73. The second-order valence-electron chi connectivity index (χ2n) is 9.00. The average molecular weight is 467 g/mol. The Labute approximate surface area is 184 Å². The van der Waals surface area contributed by atoms with E-state index in [1.165, 1.54) is 30.0 Å². The molecule has 1 aromatic carbocycles. The lowest BCUT2D eigenvalue weighted by Crippen LogP contribution is -2.49. The summed E-state index contributed by atoms with van der Waals surface area (Å²) in [6.07, 6.45) is -5.48. The molecule has 0 saturated heterocycles. The molecule has 2 aliphatic rings. The molecule has 0 aromatic heterocycles. The van der Waals surface area contributed by atoms with Crippen molar-refractivity contribution in [2.75, 3.05) is 6.54 Å². The SMILES string of the molecule is CC(c1ccccc1C(F)(F)F)N(CC(O)C(F)(F)F)C1CCCC(OC2CCCC2)C1. The fraction of sp³-hybridized carbons (Fsp3) is 0.739. The molecular formula is C23H31F6NO2. The Kier molecular flexibility index (Phi) is 8.15. The summed E-state index contributed by atoms with van der Waals surface area (Å²) in [5.74, 6) is 0. The third-order valence-corrected chi connectivity index (χ3v) is 6.73. The minimum atomic E-state index is -4.85. The third kappa shape index (κ3) is 6.38. The average Bonchev–Trinajstić information content (AvgIpc) is 3.23. The van der Waals surface area contributed by atoms with Gasteiger partial charge >= 0.3 is 12.4 Å². The van der Waals surface area contributed by atoms with Crippen LogP contribution in [0, 0.1) is 0 Å². The summed E-state index contributed by atoms with van der Waals surface area (Å²) in [4.78, 5) is 1.40. The van der Waals surface area contributed by atoms with E-state index >= 15 is 0 Å². The zero-order valence-electron chi connectivity index (χ0n) is 18.1. The van der Waals surface area contributed by atoms with Gasteiger partial charge < -0.3 is 9.84 Å². The van der Waals surface area contributed by atoms with E-state index in [2.05, 4.69) is 0 Å². The minimum absolute atomic E-state index is 0.0896. The van der Waals surface area contributed by atoms with E-state index in [4.69, 9.17) is 4.74 Å². The van der Waals surface area contributed by atoms with Gasteiger partial charge in [-0.05, 0) is 57.1 Å². The van der Waals surface area contributed by atoms with Gasteiger partial charge in [-0.25, -0.2) is 0 Å². The van der Waals surface area contributed by atoms with E-state index in [0.717, 1.165) is 38.2 Å². The monoisotopic (exact) mass is 467 g/mol. The molecule has 0 amide bonds. The van der Waals surface area contributed by atoms with Crippen LogP contribution >= 0.6 is 0 Å². The van der Waals surface area contributed by atoms with Gasteiger partial charge in [0.05, 0.1) is 17.8 Å². The summed E-state index contributed by atoms with van der Waals surface area (Å²) < 4.78 is 86.5. The number of aliphatic hydroxyl groups is 1. The highest BCUT2D eigenvalue weighted by Crippen LogP contribution is 2.39. The van der Waals surface area contributed by atoms with Gasteiger partial charge in [0.2, 0.25) is 0 Å². The maximum atomic E-state index is 13.6. The van der Waals surface area contributed by atoms with Crippen molar-refractivity contribution in [1.29, 1.82) is 0 Å². The predicted molar refractivity (Wildman–Crippen MR) is 108 cm³/mol. The van der Waals surface area contributed by atoms with Crippen LogP contribution in [0.15, 0.2) is 24.3 Å². The largest absolute Gasteiger partial charge is 0.416 e. The van der Waals surface area contributed by atoms with E-state index in [1.807, 2.05) is 0 Å². The molecule has 2 aliphatic carbocycles. The first-order valence-corrected chi connectivity index (χ1v) is 11.3. The predicted octanol–water partition coefficient (Wildman–Crippen LogP) is 6.26. The minimum Gasteiger partial charge on any atom is -0.382 e. The van der Waals surface area contributed by atoms with E-state index < -0.39 is 42.6 Å². The normalized spacial score (nSPS) is 25.3. The van der Waals surface area contributed by atoms with E-state index in [0.29, 0.717) is 19.3 Å². The first-order valence-electron chi connectivity index (χ1n) is 11.3. The number of nitrogens with zero attached hydrogens (tertiary/aromatic N) is 1. The Morgan fingerprint density at radius 2 is 1.59 bits per heavy atom. The maximum absolute atomic E-state index is 13.6. The van der Waals surface area contributed by atoms with Crippen molar-refractivity contribution in [3.63, 3.8) is 0 Å². The molecular weight excluding hydrogens is 436 g/mol. The van der Waals surface area contributed by atoms with Crippen molar-refractivity contribution >= 4 is 0 Å². The fourth-order valence-electron chi connectivity index (χ4n) is 5.07. The number of aliphatic hydroxyl groups excluding tert-OH is 1. The van der Waals surface area contributed by atoms with E-state index in [-0.39, 0.29) is 17.8 Å². The highest BCUT2D eigenvalue weighted by Gasteiger charge is 2.43. The number of ether oxygens (including phenoxy) is 1. The molecule has 32 heavy (non-hydrogen) atoms. The molecule has 0 radical (unpaired) electrons. The van der Waals surface area contributed by atoms with Crippen LogP contribution in [-0.2, 0) is 10.9 Å². The van der Waals surface area contributed by atoms with Crippen LogP contribution in [0.1, 0.15) is 75.5 Å². The first kappa shape index (κ1) is 25.3. The van der Waals surface area contributed by atoms with Crippen molar-refractivity contribution in [3.05, 3.63) is 35.4 Å². The second-order valence-corrected chi connectivity index (χ2v) is 9.00. The number of hydrogen-bond donors (Lipinski definition) is 1. The molecule has 2 saturated carbocycles. The number of hydrogen-bond acceptors (Lipinski definition) is 3. The van der Waals surface area contributed by atoms with Crippen molar-refractivity contribution in [1.82, 2.24) is 4.90 Å². The van der Waals surface area contributed by atoms with Crippen molar-refractivity contribution < 1.29 is 36.2 Å². The van der Waals surface area contributed by atoms with E-state index in [1.54, 1.807) is 0 Å². The molecule has 0 heterocycles. The van der Waals surface area contributed by atoms with E-state index in [9.17, 15) is 31.4 Å². The summed E-state index contributed by atoms with van der Waals surface area (Å²) in [7, 11) is 0. The summed E-state index contributed by atoms with van der Waals surface area (Å²) in [5.41, 5.74) is -0.957. The number of rotatable bonds is 7. The van der Waals surface area contributed by atoms with Gasteiger partial charge in [0, 0.05) is 18.6 Å². The fourth-order valence-corrected chi connectivity index (χ4v) is 5.07. The molecule has 4 atom stereocenters. The summed E-state index contributed by atoms with van der Waals surface area (Å²) >= 11 is 0. The molecule has 9 heteroatoms. The van der Waals surface area contributed by atoms with Crippen LogP contribution in [0.4, 0.5) is 26.3 Å². The topological polar surface area (TPSA) is 32.7 Å².